The molecule has 0 bridgehead atoms. The number of nitrogens with one attached hydrogen (secondary N) is 2. The molecule has 0 aliphatic carbocycles. The molecule has 1 aromatic carbocycles. The molecule has 3 rings (SSSR count). The maximum Gasteiger partial charge on any atom is 0.143 e. The number of hydrogen-bond donors (Lipinski definition) is 2. The highest BCUT2D eigenvalue weighted by atomic mass is 16.5. The number of H-pyrrole nitrogens is 1. The second-order valence-electron chi connectivity index (χ2n) is 6.02. The van der Waals surface area contributed by atoms with Gasteiger partial charge >= 0.3 is 0 Å². The summed E-state index contributed by atoms with van der Waals surface area (Å²) in [6.07, 6.45) is 3.75. The van der Waals surface area contributed by atoms with Crippen molar-refractivity contribution in [2.75, 3.05) is 20.2 Å². The van der Waals surface area contributed by atoms with Gasteiger partial charge in [0.05, 0.1) is 12.6 Å². The average molecular weight is 272 g/mol. The number of piperidine rings is 1. The molecule has 3 nitrogen and oxygen atoms in total. The van der Waals surface area contributed by atoms with Gasteiger partial charge in [0.25, 0.3) is 0 Å². The lowest BCUT2D eigenvalue weighted by molar-refractivity contribution is 0.373. The molecule has 0 radical (unpaired) electrons. The van der Waals surface area contributed by atoms with Crippen molar-refractivity contribution in [1.82, 2.24) is 10.3 Å². The maximum absolute atomic E-state index is 5.53. The van der Waals surface area contributed by atoms with Crippen molar-refractivity contribution in [2.45, 2.75) is 33.1 Å². The van der Waals surface area contributed by atoms with Crippen LogP contribution in [0.5, 0.6) is 5.75 Å². The van der Waals surface area contributed by atoms with Gasteiger partial charge in [-0.25, -0.2) is 0 Å². The fourth-order valence-electron chi connectivity index (χ4n) is 3.38. The molecule has 0 saturated carbocycles. The van der Waals surface area contributed by atoms with E-state index in [1.165, 1.54) is 41.5 Å². The minimum absolute atomic E-state index is 0.806. The minimum atomic E-state index is 0.806. The minimum Gasteiger partial charge on any atom is -0.495 e. The lowest BCUT2D eigenvalue weighted by atomic mass is 9.89. The average Bonchev–Trinajstić information content (AvgIpc) is 2.76. The second kappa shape index (κ2) is 5.49. The molecule has 2 heterocycles. The Morgan fingerprint density at radius 1 is 1.20 bits per heavy atom. The van der Waals surface area contributed by atoms with E-state index < -0.39 is 0 Å². The molecule has 1 aromatic heterocycles. The van der Waals surface area contributed by atoms with Gasteiger partial charge < -0.3 is 15.0 Å². The number of rotatable bonds is 3. The number of methoxy groups -OCH3 is 1. The summed E-state index contributed by atoms with van der Waals surface area (Å²) in [4.78, 5) is 3.52. The van der Waals surface area contributed by atoms with Crippen molar-refractivity contribution in [3.63, 3.8) is 0 Å². The number of benzene rings is 1. The van der Waals surface area contributed by atoms with E-state index in [1.807, 2.05) is 0 Å². The fraction of sp³-hybridized carbons (Fsp3) is 0.529. The SMILES string of the molecule is COc1cc(C)cc2c(CC3CCNCC3)c(C)[nH]c12. The molecule has 0 spiro atoms. The lowest BCUT2D eigenvalue weighted by Crippen LogP contribution is -2.28. The van der Waals surface area contributed by atoms with E-state index in [0.29, 0.717) is 0 Å². The Bertz CT molecular complexity index is 609. The number of hydrogen-bond acceptors (Lipinski definition) is 2. The summed E-state index contributed by atoms with van der Waals surface area (Å²) in [6.45, 7) is 6.65. The molecule has 3 heteroatoms. The molecule has 1 aliphatic rings. The van der Waals surface area contributed by atoms with Crippen molar-refractivity contribution >= 4 is 10.9 Å². The zero-order chi connectivity index (χ0) is 14.1. The van der Waals surface area contributed by atoms with Crippen LogP contribution in [-0.2, 0) is 6.42 Å². The first-order valence-electron chi connectivity index (χ1n) is 7.55. The van der Waals surface area contributed by atoms with E-state index in [4.69, 9.17) is 4.74 Å². The number of aryl methyl sites for hydroxylation is 2. The van der Waals surface area contributed by atoms with Crippen LogP contribution in [0.3, 0.4) is 0 Å². The van der Waals surface area contributed by atoms with E-state index in [0.717, 1.165) is 30.3 Å². The van der Waals surface area contributed by atoms with E-state index in [2.05, 4.69) is 36.3 Å². The molecule has 1 aliphatic heterocycles. The Morgan fingerprint density at radius 3 is 2.65 bits per heavy atom. The third kappa shape index (κ3) is 2.42. The molecule has 1 saturated heterocycles. The zero-order valence-corrected chi connectivity index (χ0v) is 12.7. The van der Waals surface area contributed by atoms with Gasteiger partial charge in [-0.2, -0.15) is 0 Å². The zero-order valence-electron chi connectivity index (χ0n) is 12.7. The van der Waals surface area contributed by atoms with E-state index in [-0.39, 0.29) is 0 Å². The normalized spacial score (nSPS) is 16.8. The highest BCUT2D eigenvalue weighted by Crippen LogP contribution is 2.33. The number of aromatic amines is 1. The molecule has 0 unspecified atom stereocenters. The molecular weight excluding hydrogens is 248 g/mol. The maximum atomic E-state index is 5.53. The first kappa shape index (κ1) is 13.5. The van der Waals surface area contributed by atoms with Crippen LogP contribution in [-0.4, -0.2) is 25.2 Å². The highest BCUT2D eigenvalue weighted by molar-refractivity contribution is 5.90. The molecule has 20 heavy (non-hydrogen) atoms. The Hall–Kier alpha value is -1.48. The van der Waals surface area contributed by atoms with Crippen molar-refractivity contribution in [3.05, 3.63) is 29.0 Å². The Balaban J connectivity index is 2.01. The van der Waals surface area contributed by atoms with Crippen LogP contribution in [0.15, 0.2) is 12.1 Å². The monoisotopic (exact) mass is 272 g/mol. The number of fused-ring (bicyclic) bond motifs is 1. The fourth-order valence-corrected chi connectivity index (χ4v) is 3.38. The van der Waals surface area contributed by atoms with Crippen molar-refractivity contribution in [1.29, 1.82) is 0 Å². The summed E-state index contributed by atoms with van der Waals surface area (Å²) < 4.78 is 5.53. The van der Waals surface area contributed by atoms with Crippen molar-refractivity contribution in [2.24, 2.45) is 5.92 Å². The summed E-state index contributed by atoms with van der Waals surface area (Å²) in [5, 5.41) is 4.79. The Kier molecular flexibility index (Phi) is 3.70. The molecule has 2 aromatic rings. The van der Waals surface area contributed by atoms with Gasteiger partial charge in [-0.1, -0.05) is 0 Å². The standard InChI is InChI=1S/C17H24N2O/c1-11-8-15-14(10-13-4-6-18-7-5-13)12(2)19-17(15)16(9-11)20-3/h8-9,13,18-19H,4-7,10H2,1-3H3. The molecule has 0 amide bonds. The summed E-state index contributed by atoms with van der Waals surface area (Å²) in [5.41, 5.74) is 5.19. The van der Waals surface area contributed by atoms with E-state index in [1.54, 1.807) is 7.11 Å². The molecule has 0 atom stereocenters. The summed E-state index contributed by atoms with van der Waals surface area (Å²) in [6, 6.07) is 4.39. The summed E-state index contributed by atoms with van der Waals surface area (Å²) in [7, 11) is 1.75. The Labute approximate surface area is 120 Å². The van der Waals surface area contributed by atoms with Crippen LogP contribution >= 0.6 is 0 Å². The quantitative estimate of drug-likeness (QED) is 0.899. The van der Waals surface area contributed by atoms with Crippen LogP contribution in [0.4, 0.5) is 0 Å². The van der Waals surface area contributed by atoms with Crippen LogP contribution in [0.25, 0.3) is 10.9 Å². The first-order chi connectivity index (χ1) is 9.69. The summed E-state index contributed by atoms with van der Waals surface area (Å²) in [5.74, 6) is 1.76. The van der Waals surface area contributed by atoms with Gasteiger partial charge in [0.1, 0.15) is 5.75 Å². The lowest BCUT2D eigenvalue weighted by Gasteiger charge is -2.22. The predicted octanol–water partition coefficient (Wildman–Crippen LogP) is 3.34. The van der Waals surface area contributed by atoms with Gasteiger partial charge in [0.2, 0.25) is 0 Å². The Morgan fingerprint density at radius 2 is 1.95 bits per heavy atom. The van der Waals surface area contributed by atoms with E-state index >= 15 is 0 Å². The topological polar surface area (TPSA) is 37.0 Å². The summed E-state index contributed by atoms with van der Waals surface area (Å²) >= 11 is 0. The van der Waals surface area contributed by atoms with Crippen LogP contribution in [0.1, 0.15) is 29.7 Å². The van der Waals surface area contributed by atoms with Gasteiger partial charge in [0, 0.05) is 11.1 Å². The largest absolute Gasteiger partial charge is 0.495 e. The van der Waals surface area contributed by atoms with Gasteiger partial charge in [-0.05, 0) is 75.4 Å². The van der Waals surface area contributed by atoms with Crippen LogP contribution in [0, 0.1) is 19.8 Å². The van der Waals surface area contributed by atoms with Gasteiger partial charge in [-0.15, -0.1) is 0 Å². The van der Waals surface area contributed by atoms with Crippen molar-refractivity contribution in [3.8, 4) is 5.75 Å². The molecule has 2 N–H and O–H groups in total. The molecule has 1 fully saturated rings. The van der Waals surface area contributed by atoms with Crippen LogP contribution < -0.4 is 10.1 Å². The van der Waals surface area contributed by atoms with Gasteiger partial charge in [0.15, 0.2) is 0 Å². The molecule has 108 valence electrons. The van der Waals surface area contributed by atoms with E-state index in [9.17, 15) is 0 Å². The molecular formula is C17H24N2O. The smallest absolute Gasteiger partial charge is 0.143 e. The highest BCUT2D eigenvalue weighted by Gasteiger charge is 2.19. The number of ether oxygens (including phenoxy) is 1. The van der Waals surface area contributed by atoms with Crippen molar-refractivity contribution < 1.29 is 4.74 Å². The third-order valence-corrected chi connectivity index (χ3v) is 4.51. The predicted molar refractivity (Wildman–Crippen MR) is 83.6 cm³/mol. The first-order valence-corrected chi connectivity index (χ1v) is 7.55. The second-order valence-corrected chi connectivity index (χ2v) is 6.02. The third-order valence-electron chi connectivity index (χ3n) is 4.51. The van der Waals surface area contributed by atoms with Gasteiger partial charge in [-0.3, -0.25) is 0 Å². The number of aromatic nitrogens is 1. The van der Waals surface area contributed by atoms with Crippen LogP contribution in [0.2, 0.25) is 0 Å².